The van der Waals surface area contributed by atoms with Gasteiger partial charge in [-0.3, -0.25) is 0 Å². The number of likely N-dealkylation sites (tertiary alicyclic amines) is 1. The van der Waals surface area contributed by atoms with Crippen LogP contribution in [0.3, 0.4) is 0 Å². The lowest BCUT2D eigenvalue weighted by molar-refractivity contribution is -0.274. The van der Waals surface area contributed by atoms with Gasteiger partial charge in [-0.05, 0) is 100 Å². The van der Waals surface area contributed by atoms with Gasteiger partial charge in [0, 0.05) is 50.0 Å². The molecule has 1 aromatic carbocycles. The summed E-state index contributed by atoms with van der Waals surface area (Å²) in [5.74, 6) is 2.54. The minimum Gasteiger partial charge on any atom is -0.405 e. The number of piperidine rings is 1. The molecule has 9 nitrogen and oxygen atoms in total. The SMILES string of the molecule is N#Cc1cnc(NCc2ccccc2OC(F)(F)F)nc1NC[C@]12CC3C[C@H](C1)[C@@H](NC1CCN(C4CCOCC4)CC1)[C@@H](C3)C2. The lowest BCUT2D eigenvalue weighted by Crippen LogP contribution is -2.62. The van der Waals surface area contributed by atoms with E-state index in [4.69, 9.17) is 4.74 Å². The summed E-state index contributed by atoms with van der Waals surface area (Å²) in [6.07, 6.45) is 7.65. The molecule has 3 heterocycles. The van der Waals surface area contributed by atoms with Gasteiger partial charge < -0.3 is 30.3 Å². The largest absolute Gasteiger partial charge is 0.573 e. The minimum atomic E-state index is -4.78. The molecule has 8 rings (SSSR count). The molecular formula is C34H44F3N7O2. The zero-order valence-electron chi connectivity index (χ0n) is 26.2. The number of rotatable bonds is 10. The average Bonchev–Trinajstić information content (AvgIpc) is 3.05. The highest BCUT2D eigenvalue weighted by molar-refractivity contribution is 5.53. The van der Waals surface area contributed by atoms with Crippen LogP contribution in [0.15, 0.2) is 30.5 Å². The van der Waals surface area contributed by atoms with Crippen LogP contribution in [0.2, 0.25) is 0 Å². The average molecular weight is 640 g/mol. The maximum absolute atomic E-state index is 12.9. The van der Waals surface area contributed by atoms with Crippen LogP contribution in [0, 0.1) is 34.5 Å². The van der Waals surface area contributed by atoms with Crippen molar-refractivity contribution in [3.63, 3.8) is 0 Å². The second-order valence-corrected chi connectivity index (χ2v) is 14.2. The molecule has 2 aliphatic heterocycles. The number of ether oxygens (including phenoxy) is 2. The Morgan fingerprint density at radius 1 is 1.02 bits per heavy atom. The monoisotopic (exact) mass is 639 g/mol. The third kappa shape index (κ3) is 7.06. The van der Waals surface area contributed by atoms with Gasteiger partial charge in [0.2, 0.25) is 5.95 Å². The van der Waals surface area contributed by atoms with Crippen LogP contribution in [-0.2, 0) is 11.3 Å². The summed E-state index contributed by atoms with van der Waals surface area (Å²) in [5.41, 5.74) is 0.854. The molecule has 12 heteroatoms. The number of hydrogen-bond acceptors (Lipinski definition) is 9. The maximum atomic E-state index is 12.9. The summed E-state index contributed by atoms with van der Waals surface area (Å²) < 4.78 is 48.3. The van der Waals surface area contributed by atoms with Crippen molar-refractivity contribution >= 4 is 11.8 Å². The first-order chi connectivity index (χ1) is 22.3. The highest BCUT2D eigenvalue weighted by Crippen LogP contribution is 2.60. The van der Waals surface area contributed by atoms with Crippen molar-refractivity contribution < 1.29 is 22.6 Å². The number of nitrogens with one attached hydrogen (secondary N) is 3. The molecule has 3 N–H and O–H groups in total. The third-order valence-corrected chi connectivity index (χ3v) is 11.2. The van der Waals surface area contributed by atoms with Crippen LogP contribution in [0.1, 0.15) is 68.9 Å². The zero-order valence-corrected chi connectivity index (χ0v) is 26.2. The van der Waals surface area contributed by atoms with Crippen molar-refractivity contribution in [3.8, 4) is 11.8 Å². The Balaban J connectivity index is 0.954. The summed E-state index contributed by atoms with van der Waals surface area (Å²) in [4.78, 5) is 11.5. The Kier molecular flexibility index (Phi) is 9.00. The number of aromatic nitrogens is 2. The van der Waals surface area contributed by atoms with Gasteiger partial charge in [-0.15, -0.1) is 13.2 Å². The van der Waals surface area contributed by atoms with E-state index in [1.54, 1.807) is 12.1 Å². The van der Waals surface area contributed by atoms with Crippen LogP contribution < -0.4 is 20.7 Å². The van der Waals surface area contributed by atoms with Gasteiger partial charge in [0.1, 0.15) is 23.2 Å². The van der Waals surface area contributed by atoms with E-state index in [1.165, 1.54) is 89.2 Å². The lowest BCUT2D eigenvalue weighted by atomic mass is 9.48. The number of hydrogen-bond donors (Lipinski definition) is 3. The molecule has 0 spiro atoms. The Labute approximate surface area is 268 Å². The number of para-hydroxylation sites is 1. The first-order valence-electron chi connectivity index (χ1n) is 16.9. The van der Waals surface area contributed by atoms with E-state index in [1.807, 2.05) is 0 Å². The summed E-state index contributed by atoms with van der Waals surface area (Å²) in [6.45, 7) is 4.96. The van der Waals surface area contributed by atoms with E-state index in [2.05, 4.69) is 41.6 Å². The minimum absolute atomic E-state index is 0.0372. The van der Waals surface area contributed by atoms with E-state index < -0.39 is 6.36 Å². The molecule has 2 saturated heterocycles. The van der Waals surface area contributed by atoms with E-state index in [0.717, 1.165) is 25.7 Å². The highest BCUT2D eigenvalue weighted by Gasteiger charge is 2.55. The standard InChI is InChI=1S/C34H44F3N7O2/c35-34(36,37)46-29-4-2-1-3-23(29)19-39-32-40-20-26(18-38)31(43-32)41-21-33-15-22-13-24(16-33)30(25(14-22)17-33)42-27-5-9-44(10-6-27)28-7-11-45-12-8-28/h1-4,20,22,24-25,27-28,30,42H,5-17,19,21H2,(H2,39,40,41,43)/t22?,24-,25+,30-,33-. The Morgan fingerprint density at radius 2 is 1.76 bits per heavy atom. The van der Waals surface area contributed by atoms with E-state index >= 15 is 0 Å². The molecule has 2 aromatic rings. The fourth-order valence-corrected chi connectivity index (χ4v) is 9.44. The van der Waals surface area contributed by atoms with Crippen molar-refractivity contribution in [2.24, 2.45) is 23.2 Å². The number of benzene rings is 1. The topological polar surface area (TPSA) is 107 Å². The molecule has 248 valence electrons. The van der Waals surface area contributed by atoms with Crippen LogP contribution >= 0.6 is 0 Å². The molecule has 1 unspecified atom stereocenters. The fraction of sp³-hybridized carbons (Fsp3) is 0.676. The van der Waals surface area contributed by atoms with Crippen molar-refractivity contribution in [3.05, 3.63) is 41.6 Å². The van der Waals surface area contributed by atoms with Gasteiger partial charge in [0.05, 0.1) is 6.20 Å². The van der Waals surface area contributed by atoms with Crippen LogP contribution in [0.25, 0.3) is 0 Å². The predicted octanol–water partition coefficient (Wildman–Crippen LogP) is 5.70. The fourth-order valence-electron chi connectivity index (χ4n) is 9.44. The lowest BCUT2D eigenvalue weighted by Gasteiger charge is -2.61. The molecule has 4 saturated carbocycles. The van der Waals surface area contributed by atoms with Crippen molar-refractivity contribution in [1.82, 2.24) is 20.2 Å². The van der Waals surface area contributed by atoms with Gasteiger partial charge in [0.15, 0.2) is 0 Å². The summed E-state index contributed by atoms with van der Waals surface area (Å²) in [5, 5.41) is 20.5. The molecular weight excluding hydrogens is 595 g/mol. The Hall–Kier alpha value is -3.14. The molecule has 0 amide bonds. The number of anilines is 2. The van der Waals surface area contributed by atoms with Crippen molar-refractivity contribution in [2.45, 2.75) is 88.8 Å². The van der Waals surface area contributed by atoms with Crippen molar-refractivity contribution in [1.29, 1.82) is 5.26 Å². The molecule has 6 fully saturated rings. The van der Waals surface area contributed by atoms with Gasteiger partial charge >= 0.3 is 6.36 Å². The van der Waals surface area contributed by atoms with Gasteiger partial charge in [-0.2, -0.15) is 10.2 Å². The maximum Gasteiger partial charge on any atom is 0.573 e. The smallest absolute Gasteiger partial charge is 0.405 e. The molecule has 46 heavy (non-hydrogen) atoms. The summed E-state index contributed by atoms with van der Waals surface area (Å²) >= 11 is 0. The van der Waals surface area contributed by atoms with E-state index in [9.17, 15) is 18.4 Å². The van der Waals surface area contributed by atoms with E-state index in [-0.39, 0.29) is 23.7 Å². The molecule has 0 radical (unpaired) electrons. The molecule has 5 atom stereocenters. The summed E-state index contributed by atoms with van der Waals surface area (Å²) in [7, 11) is 0. The second kappa shape index (κ2) is 13.2. The van der Waals surface area contributed by atoms with Gasteiger partial charge in [-0.1, -0.05) is 18.2 Å². The number of halogens is 3. The van der Waals surface area contributed by atoms with Gasteiger partial charge in [-0.25, -0.2) is 4.98 Å². The van der Waals surface area contributed by atoms with Crippen LogP contribution in [0.4, 0.5) is 24.9 Å². The predicted molar refractivity (Wildman–Crippen MR) is 167 cm³/mol. The van der Waals surface area contributed by atoms with Gasteiger partial charge in [0.25, 0.3) is 0 Å². The highest BCUT2D eigenvalue weighted by atomic mass is 19.4. The Morgan fingerprint density at radius 3 is 2.48 bits per heavy atom. The normalized spacial score (nSPS) is 30.2. The number of alkyl halides is 3. The number of nitrogens with zero attached hydrogens (tertiary/aromatic N) is 4. The number of nitriles is 1. The zero-order chi connectivity index (χ0) is 31.7. The second-order valence-electron chi connectivity index (χ2n) is 14.2. The van der Waals surface area contributed by atoms with Crippen LogP contribution in [-0.4, -0.2) is 72.2 Å². The molecule has 1 aromatic heterocycles. The van der Waals surface area contributed by atoms with Crippen molar-refractivity contribution in [2.75, 3.05) is 43.5 Å². The first-order valence-corrected chi connectivity index (χ1v) is 16.9. The molecule has 4 bridgehead atoms. The Bertz CT molecular complexity index is 1390. The molecule has 4 aliphatic carbocycles. The third-order valence-electron chi connectivity index (χ3n) is 11.2. The summed E-state index contributed by atoms with van der Waals surface area (Å²) in [6, 6.07) is 10.1. The van der Waals surface area contributed by atoms with Crippen LogP contribution in [0.5, 0.6) is 5.75 Å². The first kappa shape index (κ1) is 31.5. The molecule has 6 aliphatic rings. The quantitative estimate of drug-likeness (QED) is 0.302. The van der Waals surface area contributed by atoms with E-state index in [0.29, 0.717) is 46.9 Å².